The third-order valence-corrected chi connectivity index (χ3v) is 4.33. The first-order chi connectivity index (χ1) is 8.69. The molecule has 0 N–H and O–H groups in total. The highest BCUT2D eigenvalue weighted by Gasteiger charge is 2.16. The number of ether oxygens (including phenoxy) is 1. The van der Waals surface area contributed by atoms with Gasteiger partial charge in [-0.05, 0) is 42.5 Å². The minimum Gasteiger partial charge on any atom is -0.380 e. The van der Waals surface area contributed by atoms with E-state index in [1.165, 1.54) is 37.1 Å². The maximum absolute atomic E-state index is 5.23. The van der Waals surface area contributed by atoms with Crippen LogP contribution in [-0.2, 0) is 17.9 Å². The molecule has 1 atom stereocenters. The second-order valence-corrected chi connectivity index (χ2v) is 6.20. The zero-order chi connectivity index (χ0) is 13.0. The first-order valence-electron chi connectivity index (χ1n) is 6.67. The molecule has 1 heterocycles. The van der Waals surface area contributed by atoms with E-state index in [9.17, 15) is 0 Å². The molecule has 1 aromatic carbocycles. The van der Waals surface area contributed by atoms with Crippen LogP contribution in [0.5, 0.6) is 0 Å². The molecule has 0 amide bonds. The number of nitrogens with zero attached hydrogens (tertiary/aromatic N) is 1. The van der Waals surface area contributed by atoms with E-state index in [4.69, 9.17) is 4.74 Å². The summed E-state index contributed by atoms with van der Waals surface area (Å²) in [7, 11) is 1.74. The van der Waals surface area contributed by atoms with Gasteiger partial charge in [0.25, 0.3) is 0 Å². The molecule has 0 spiro atoms. The minimum absolute atomic E-state index is 0.671. The average Bonchev–Trinajstić information content (AvgIpc) is 2.34. The van der Waals surface area contributed by atoms with E-state index in [2.05, 4.69) is 46.0 Å². The van der Waals surface area contributed by atoms with Crippen molar-refractivity contribution in [2.24, 2.45) is 5.92 Å². The summed E-state index contributed by atoms with van der Waals surface area (Å²) in [5.74, 6) is 0.840. The molecule has 0 bridgehead atoms. The lowest BCUT2D eigenvalue weighted by atomic mass is 9.99. The summed E-state index contributed by atoms with van der Waals surface area (Å²) in [6, 6.07) is 6.60. The Labute approximate surface area is 118 Å². The third kappa shape index (κ3) is 3.81. The molecule has 1 aromatic rings. The Morgan fingerprint density at radius 2 is 2.28 bits per heavy atom. The maximum Gasteiger partial charge on any atom is 0.0724 e. The number of methoxy groups -OCH3 is 1. The normalized spacial score (nSPS) is 21.2. The molecule has 1 aliphatic rings. The van der Waals surface area contributed by atoms with Crippen LogP contribution in [0.4, 0.5) is 0 Å². The average molecular weight is 312 g/mol. The lowest BCUT2D eigenvalue weighted by Gasteiger charge is -2.30. The molecular formula is C15H22BrNO. The molecule has 1 saturated heterocycles. The van der Waals surface area contributed by atoms with Gasteiger partial charge in [-0.15, -0.1) is 0 Å². The van der Waals surface area contributed by atoms with E-state index in [-0.39, 0.29) is 0 Å². The summed E-state index contributed by atoms with van der Waals surface area (Å²) in [4.78, 5) is 2.56. The Bertz CT molecular complexity index is 394. The molecule has 1 unspecified atom stereocenters. The van der Waals surface area contributed by atoms with Gasteiger partial charge in [0.15, 0.2) is 0 Å². The first kappa shape index (κ1) is 14.0. The van der Waals surface area contributed by atoms with Crippen molar-refractivity contribution >= 4 is 15.9 Å². The lowest BCUT2D eigenvalue weighted by Crippen LogP contribution is -2.33. The summed E-state index contributed by atoms with van der Waals surface area (Å²) < 4.78 is 6.37. The van der Waals surface area contributed by atoms with Gasteiger partial charge in [-0.25, -0.2) is 0 Å². The molecule has 1 aliphatic heterocycles. The van der Waals surface area contributed by atoms with Crippen LogP contribution in [0.15, 0.2) is 22.7 Å². The monoisotopic (exact) mass is 311 g/mol. The molecule has 1 fully saturated rings. The molecule has 18 heavy (non-hydrogen) atoms. The number of likely N-dealkylation sites (tertiary alicyclic amines) is 1. The topological polar surface area (TPSA) is 12.5 Å². The van der Waals surface area contributed by atoms with Crippen molar-refractivity contribution < 1.29 is 4.74 Å². The first-order valence-corrected chi connectivity index (χ1v) is 7.47. The highest BCUT2D eigenvalue weighted by molar-refractivity contribution is 9.10. The van der Waals surface area contributed by atoms with E-state index >= 15 is 0 Å². The van der Waals surface area contributed by atoms with Gasteiger partial charge in [-0.3, -0.25) is 4.90 Å². The van der Waals surface area contributed by atoms with Crippen molar-refractivity contribution in [2.45, 2.75) is 32.9 Å². The molecule has 0 saturated carbocycles. The molecule has 0 aromatic heterocycles. The zero-order valence-corrected chi connectivity index (χ0v) is 12.9. The molecule has 100 valence electrons. The summed E-state index contributed by atoms with van der Waals surface area (Å²) in [5, 5.41) is 0. The van der Waals surface area contributed by atoms with Crippen LogP contribution in [0.1, 0.15) is 30.9 Å². The molecule has 0 radical (unpaired) electrons. The Morgan fingerprint density at radius 3 is 3.00 bits per heavy atom. The van der Waals surface area contributed by atoms with Crippen molar-refractivity contribution in [3.05, 3.63) is 33.8 Å². The molecule has 3 heteroatoms. The van der Waals surface area contributed by atoms with Crippen LogP contribution in [0.25, 0.3) is 0 Å². The standard InChI is InChI=1S/C15H22BrNO/c1-12-4-3-7-17(9-12)10-13-5-6-15(16)14(8-13)11-18-2/h5-6,8,12H,3-4,7,9-11H2,1-2H3. The largest absolute Gasteiger partial charge is 0.380 e. The van der Waals surface area contributed by atoms with Crippen LogP contribution in [0, 0.1) is 5.92 Å². The number of benzene rings is 1. The van der Waals surface area contributed by atoms with Crippen LogP contribution >= 0.6 is 15.9 Å². The number of hydrogen-bond acceptors (Lipinski definition) is 2. The van der Waals surface area contributed by atoms with Gasteiger partial charge in [0, 0.05) is 24.7 Å². The van der Waals surface area contributed by atoms with Gasteiger partial charge in [0.1, 0.15) is 0 Å². The highest BCUT2D eigenvalue weighted by Crippen LogP contribution is 2.22. The number of halogens is 1. The second kappa shape index (κ2) is 6.69. The van der Waals surface area contributed by atoms with E-state index in [1.54, 1.807) is 7.11 Å². The van der Waals surface area contributed by atoms with E-state index in [0.717, 1.165) is 16.9 Å². The lowest BCUT2D eigenvalue weighted by molar-refractivity contribution is 0.175. The van der Waals surface area contributed by atoms with Crippen LogP contribution < -0.4 is 0 Å². The van der Waals surface area contributed by atoms with Crippen LogP contribution in [-0.4, -0.2) is 25.1 Å². The predicted molar refractivity (Wildman–Crippen MR) is 78.5 cm³/mol. The fourth-order valence-electron chi connectivity index (χ4n) is 2.68. The third-order valence-electron chi connectivity index (χ3n) is 3.56. The quantitative estimate of drug-likeness (QED) is 0.838. The Morgan fingerprint density at radius 1 is 1.44 bits per heavy atom. The summed E-state index contributed by atoms with van der Waals surface area (Å²) >= 11 is 3.57. The van der Waals surface area contributed by atoms with Crippen molar-refractivity contribution in [3.63, 3.8) is 0 Å². The number of hydrogen-bond donors (Lipinski definition) is 0. The van der Waals surface area contributed by atoms with Gasteiger partial charge >= 0.3 is 0 Å². The SMILES string of the molecule is COCc1cc(CN2CCCC(C)C2)ccc1Br. The van der Waals surface area contributed by atoms with Crippen LogP contribution in [0.3, 0.4) is 0 Å². The van der Waals surface area contributed by atoms with Gasteiger partial charge in [-0.1, -0.05) is 35.0 Å². The van der Waals surface area contributed by atoms with Gasteiger partial charge in [0.2, 0.25) is 0 Å². The number of rotatable bonds is 4. The molecule has 0 aliphatic carbocycles. The Balaban J connectivity index is 2.02. The molecular weight excluding hydrogens is 290 g/mol. The predicted octanol–water partition coefficient (Wildman–Crippen LogP) is 3.83. The fourth-order valence-corrected chi connectivity index (χ4v) is 3.04. The highest BCUT2D eigenvalue weighted by atomic mass is 79.9. The zero-order valence-electron chi connectivity index (χ0n) is 11.3. The van der Waals surface area contributed by atoms with Crippen LogP contribution in [0.2, 0.25) is 0 Å². The maximum atomic E-state index is 5.23. The second-order valence-electron chi connectivity index (χ2n) is 5.34. The van der Waals surface area contributed by atoms with E-state index in [0.29, 0.717) is 6.61 Å². The van der Waals surface area contributed by atoms with Crippen molar-refractivity contribution in [1.29, 1.82) is 0 Å². The number of piperidine rings is 1. The summed E-state index contributed by atoms with van der Waals surface area (Å²) in [5.41, 5.74) is 2.62. The van der Waals surface area contributed by atoms with Crippen molar-refractivity contribution in [3.8, 4) is 0 Å². The van der Waals surface area contributed by atoms with Gasteiger partial charge < -0.3 is 4.74 Å². The van der Waals surface area contributed by atoms with Gasteiger partial charge in [-0.2, -0.15) is 0 Å². The Kier molecular flexibility index (Phi) is 5.22. The molecule has 2 nitrogen and oxygen atoms in total. The minimum atomic E-state index is 0.671. The summed E-state index contributed by atoms with van der Waals surface area (Å²) in [6.07, 6.45) is 2.72. The smallest absolute Gasteiger partial charge is 0.0724 e. The van der Waals surface area contributed by atoms with Crippen molar-refractivity contribution in [1.82, 2.24) is 4.90 Å². The Hall–Kier alpha value is -0.380. The van der Waals surface area contributed by atoms with Crippen molar-refractivity contribution in [2.75, 3.05) is 20.2 Å². The fraction of sp³-hybridized carbons (Fsp3) is 0.600. The molecule has 2 rings (SSSR count). The summed E-state index contributed by atoms with van der Waals surface area (Å²) in [6.45, 7) is 6.55. The van der Waals surface area contributed by atoms with Gasteiger partial charge in [0.05, 0.1) is 6.61 Å². The van der Waals surface area contributed by atoms with E-state index < -0.39 is 0 Å². The van der Waals surface area contributed by atoms with E-state index in [1.807, 2.05) is 0 Å².